The molecule has 4 nitrogen and oxygen atoms in total. The van der Waals surface area contributed by atoms with E-state index in [1.165, 1.54) is 14.0 Å². The van der Waals surface area contributed by atoms with Gasteiger partial charge in [0.25, 0.3) is 0 Å². The summed E-state index contributed by atoms with van der Waals surface area (Å²) in [6.07, 6.45) is 0. The molecule has 0 aliphatic heterocycles. The van der Waals surface area contributed by atoms with Crippen LogP contribution >= 0.6 is 12.2 Å². The van der Waals surface area contributed by atoms with Crippen molar-refractivity contribution in [2.75, 3.05) is 12.4 Å². The zero-order valence-corrected chi connectivity index (χ0v) is 9.22. The number of nitrogens with one attached hydrogen (secondary N) is 1. The van der Waals surface area contributed by atoms with Crippen molar-refractivity contribution >= 4 is 34.7 Å². The molecule has 0 radical (unpaired) electrons. The van der Waals surface area contributed by atoms with Crippen molar-refractivity contribution in [2.45, 2.75) is 6.92 Å². The monoisotopic (exact) mass is 222 g/mol. The van der Waals surface area contributed by atoms with Crippen LogP contribution in [0, 0.1) is 0 Å². The van der Waals surface area contributed by atoms with Gasteiger partial charge in [0.15, 0.2) is 0 Å². The van der Waals surface area contributed by atoms with E-state index in [1.54, 1.807) is 18.2 Å². The van der Waals surface area contributed by atoms with E-state index in [2.05, 4.69) is 27.7 Å². The van der Waals surface area contributed by atoms with Crippen LogP contribution in [0.4, 0.5) is 11.4 Å². The maximum absolute atomic E-state index is 10.8. The standard InChI is InChI=1S/C10H10N2O2S/c1-7(13)12-8-3-4-10(14-2)9(5-8)11-6-15/h3-5H,1-2H3,(H,12,13). The number of benzene rings is 1. The Labute approximate surface area is 93.0 Å². The highest BCUT2D eigenvalue weighted by atomic mass is 32.1. The first-order chi connectivity index (χ1) is 7.17. The summed E-state index contributed by atoms with van der Waals surface area (Å²) in [5.74, 6) is 0.443. The number of thiocarbonyl (C=S) groups is 1. The van der Waals surface area contributed by atoms with E-state index >= 15 is 0 Å². The maximum Gasteiger partial charge on any atom is 0.221 e. The Balaban J connectivity index is 3.09. The van der Waals surface area contributed by atoms with E-state index in [1.807, 2.05) is 0 Å². The highest BCUT2D eigenvalue weighted by Crippen LogP contribution is 2.29. The van der Waals surface area contributed by atoms with Crippen LogP contribution in [0.3, 0.4) is 0 Å². The van der Waals surface area contributed by atoms with Gasteiger partial charge in [-0.15, -0.1) is 0 Å². The molecule has 1 aromatic rings. The summed E-state index contributed by atoms with van der Waals surface area (Å²) >= 11 is 4.51. The van der Waals surface area contributed by atoms with Crippen LogP contribution in [0.5, 0.6) is 5.75 Å². The van der Waals surface area contributed by atoms with Crippen LogP contribution in [0.15, 0.2) is 23.2 Å². The molecule has 0 spiro atoms. The van der Waals surface area contributed by atoms with Gasteiger partial charge in [0.1, 0.15) is 11.4 Å². The number of hydrogen-bond acceptors (Lipinski definition) is 4. The topological polar surface area (TPSA) is 50.7 Å². The number of hydrogen-bond donors (Lipinski definition) is 1. The minimum absolute atomic E-state index is 0.141. The first kappa shape index (κ1) is 11.4. The summed E-state index contributed by atoms with van der Waals surface area (Å²) in [5.41, 5.74) is 1.19. The summed E-state index contributed by atoms with van der Waals surface area (Å²) in [7, 11) is 1.54. The van der Waals surface area contributed by atoms with Gasteiger partial charge in [0.2, 0.25) is 5.91 Å². The minimum atomic E-state index is -0.141. The number of methoxy groups -OCH3 is 1. The van der Waals surface area contributed by atoms with E-state index in [-0.39, 0.29) is 5.91 Å². The Morgan fingerprint density at radius 3 is 2.87 bits per heavy atom. The highest BCUT2D eigenvalue weighted by molar-refractivity contribution is 7.78. The zero-order chi connectivity index (χ0) is 11.3. The minimum Gasteiger partial charge on any atom is -0.494 e. The Bertz CT molecular complexity index is 425. The molecular weight excluding hydrogens is 212 g/mol. The smallest absolute Gasteiger partial charge is 0.221 e. The van der Waals surface area contributed by atoms with Crippen LogP contribution in [0.2, 0.25) is 0 Å². The zero-order valence-electron chi connectivity index (χ0n) is 8.40. The molecule has 1 amide bonds. The first-order valence-corrected chi connectivity index (χ1v) is 4.61. The number of anilines is 1. The molecule has 1 aromatic carbocycles. The van der Waals surface area contributed by atoms with E-state index in [0.717, 1.165) is 0 Å². The van der Waals surface area contributed by atoms with Crippen molar-refractivity contribution in [3.8, 4) is 5.75 Å². The van der Waals surface area contributed by atoms with Crippen LogP contribution in [-0.2, 0) is 4.79 Å². The van der Waals surface area contributed by atoms with E-state index in [0.29, 0.717) is 17.1 Å². The number of ether oxygens (including phenoxy) is 1. The number of rotatable bonds is 3. The van der Waals surface area contributed by atoms with Crippen LogP contribution in [-0.4, -0.2) is 18.2 Å². The van der Waals surface area contributed by atoms with Gasteiger partial charge < -0.3 is 10.1 Å². The molecule has 0 atom stereocenters. The van der Waals surface area contributed by atoms with Crippen LogP contribution in [0.25, 0.3) is 0 Å². The molecule has 0 fully saturated rings. The lowest BCUT2D eigenvalue weighted by molar-refractivity contribution is -0.114. The molecule has 1 N–H and O–H groups in total. The number of amides is 1. The van der Waals surface area contributed by atoms with Gasteiger partial charge in [-0.3, -0.25) is 4.79 Å². The normalized spacial score (nSPS) is 8.93. The summed E-state index contributed by atoms with van der Waals surface area (Å²) < 4.78 is 5.07. The Morgan fingerprint density at radius 2 is 2.33 bits per heavy atom. The van der Waals surface area contributed by atoms with Crippen molar-refractivity contribution in [1.82, 2.24) is 0 Å². The number of carbonyl (C=O) groups is 1. The third-order valence-corrected chi connectivity index (χ3v) is 1.76. The van der Waals surface area contributed by atoms with Crippen molar-refractivity contribution < 1.29 is 9.53 Å². The highest BCUT2D eigenvalue weighted by Gasteiger charge is 2.03. The average molecular weight is 222 g/mol. The number of carbonyl (C=O) groups excluding carboxylic acids is 1. The molecule has 78 valence electrons. The van der Waals surface area contributed by atoms with Gasteiger partial charge in [-0.1, -0.05) is 0 Å². The van der Waals surface area contributed by atoms with E-state index in [9.17, 15) is 4.79 Å². The molecule has 15 heavy (non-hydrogen) atoms. The van der Waals surface area contributed by atoms with Gasteiger partial charge >= 0.3 is 0 Å². The summed E-state index contributed by atoms with van der Waals surface area (Å²) in [5, 5.41) is 4.89. The molecule has 1 rings (SSSR count). The molecule has 0 bridgehead atoms. The molecular formula is C10H10N2O2S. The largest absolute Gasteiger partial charge is 0.494 e. The van der Waals surface area contributed by atoms with Gasteiger partial charge in [-0.2, -0.15) is 4.99 Å². The van der Waals surface area contributed by atoms with E-state index in [4.69, 9.17) is 4.74 Å². The molecule has 0 saturated heterocycles. The van der Waals surface area contributed by atoms with Crippen molar-refractivity contribution in [3.05, 3.63) is 18.2 Å². The van der Waals surface area contributed by atoms with Crippen molar-refractivity contribution in [1.29, 1.82) is 0 Å². The molecule has 0 heterocycles. The second-order valence-corrected chi connectivity index (χ2v) is 2.95. The third kappa shape index (κ3) is 3.16. The fourth-order valence-corrected chi connectivity index (χ4v) is 1.21. The van der Waals surface area contributed by atoms with Crippen LogP contribution < -0.4 is 10.1 Å². The maximum atomic E-state index is 10.8. The van der Waals surface area contributed by atoms with Crippen LogP contribution in [0.1, 0.15) is 6.92 Å². The predicted octanol–water partition coefficient (Wildman–Crippen LogP) is 2.39. The molecule has 0 aliphatic carbocycles. The first-order valence-electron chi connectivity index (χ1n) is 4.21. The Hall–Kier alpha value is -1.71. The lowest BCUT2D eigenvalue weighted by Gasteiger charge is -2.06. The third-order valence-electron chi connectivity index (χ3n) is 1.67. The summed E-state index contributed by atoms with van der Waals surface area (Å²) in [6, 6.07) is 5.10. The van der Waals surface area contributed by atoms with Gasteiger partial charge in [-0.05, 0) is 30.4 Å². The number of nitrogens with zero attached hydrogens (tertiary/aromatic N) is 1. The Morgan fingerprint density at radius 1 is 1.60 bits per heavy atom. The summed E-state index contributed by atoms with van der Waals surface area (Å²) in [4.78, 5) is 14.7. The van der Waals surface area contributed by atoms with Crippen molar-refractivity contribution in [3.63, 3.8) is 0 Å². The lowest BCUT2D eigenvalue weighted by Crippen LogP contribution is -2.05. The molecule has 5 heteroatoms. The number of aliphatic imine (C=N–C) groups is 1. The van der Waals surface area contributed by atoms with Gasteiger partial charge in [0.05, 0.1) is 12.3 Å². The van der Waals surface area contributed by atoms with Gasteiger partial charge in [0, 0.05) is 12.6 Å². The molecule has 0 saturated carbocycles. The molecule has 0 unspecified atom stereocenters. The second-order valence-electron chi connectivity index (χ2n) is 2.77. The second kappa shape index (κ2) is 5.24. The predicted molar refractivity (Wildman–Crippen MR) is 62.0 cm³/mol. The molecule has 0 aliphatic rings. The number of isothiocyanates is 1. The van der Waals surface area contributed by atoms with Crippen molar-refractivity contribution in [2.24, 2.45) is 4.99 Å². The quantitative estimate of drug-likeness (QED) is 0.631. The molecule has 0 aromatic heterocycles. The average Bonchev–Trinajstić information content (AvgIpc) is 2.18. The summed E-state index contributed by atoms with van der Waals surface area (Å²) in [6.45, 7) is 1.44. The van der Waals surface area contributed by atoms with Gasteiger partial charge in [-0.25, -0.2) is 0 Å². The SMILES string of the molecule is COc1ccc(NC(C)=O)cc1N=C=S. The Kier molecular flexibility index (Phi) is 3.97. The van der Waals surface area contributed by atoms with E-state index < -0.39 is 0 Å². The lowest BCUT2D eigenvalue weighted by atomic mass is 10.2. The fraction of sp³-hybridized carbons (Fsp3) is 0.200. The fourth-order valence-electron chi connectivity index (χ4n) is 1.11.